The molecule has 74 valence electrons. The minimum absolute atomic E-state index is 0.0666. The van der Waals surface area contributed by atoms with Gasteiger partial charge in [0.25, 0.3) is 0 Å². The van der Waals surface area contributed by atoms with Crippen LogP contribution in [0.5, 0.6) is 5.88 Å². The maximum absolute atomic E-state index is 8.90. The molecule has 1 aliphatic heterocycles. The molecule has 0 radical (unpaired) electrons. The van der Waals surface area contributed by atoms with Crippen LogP contribution in [0, 0.1) is 18.3 Å². The van der Waals surface area contributed by atoms with E-state index in [-0.39, 0.29) is 6.10 Å². The highest BCUT2D eigenvalue weighted by Crippen LogP contribution is 2.22. The van der Waals surface area contributed by atoms with Crippen LogP contribution < -0.4 is 4.74 Å². The Balaban J connectivity index is 2.26. The molecule has 0 bridgehead atoms. The van der Waals surface area contributed by atoms with Crippen LogP contribution in [0.2, 0.25) is 0 Å². The Morgan fingerprint density at radius 1 is 1.64 bits per heavy atom. The van der Waals surface area contributed by atoms with Gasteiger partial charge in [0, 0.05) is 7.05 Å². The zero-order valence-corrected chi connectivity index (χ0v) is 8.15. The molecule has 1 fully saturated rings. The molecule has 0 saturated carbocycles. The Kier molecular flexibility index (Phi) is 2.14. The van der Waals surface area contributed by atoms with E-state index in [0.29, 0.717) is 30.4 Å². The topological polar surface area (TPSA) is 60.1 Å². The first kappa shape index (κ1) is 9.03. The Bertz CT molecular complexity index is 387. The smallest absolute Gasteiger partial charge is 0.230 e. The molecule has 0 amide bonds. The van der Waals surface area contributed by atoms with Gasteiger partial charge in [-0.25, -0.2) is 4.68 Å². The lowest BCUT2D eigenvalue weighted by Gasteiger charge is -2.26. The summed E-state index contributed by atoms with van der Waals surface area (Å²) in [5.74, 6) is 0.540. The molecule has 5 nitrogen and oxygen atoms in total. The summed E-state index contributed by atoms with van der Waals surface area (Å²) in [5.41, 5.74) is 1.21. The third-order valence-electron chi connectivity index (χ3n) is 2.17. The zero-order chi connectivity index (χ0) is 10.1. The number of aryl methyl sites for hydroxylation is 2. The molecular formula is C9H11N3O2. The first-order valence-electron chi connectivity index (χ1n) is 4.40. The second kappa shape index (κ2) is 3.31. The summed E-state index contributed by atoms with van der Waals surface area (Å²) in [6, 6.07) is 2.09. The largest absolute Gasteiger partial charge is 0.469 e. The second-order valence-electron chi connectivity index (χ2n) is 3.28. The minimum Gasteiger partial charge on any atom is -0.469 e. The van der Waals surface area contributed by atoms with E-state index in [9.17, 15) is 0 Å². The summed E-state index contributed by atoms with van der Waals surface area (Å²) >= 11 is 0. The van der Waals surface area contributed by atoms with E-state index in [1.54, 1.807) is 18.7 Å². The molecule has 0 aromatic carbocycles. The summed E-state index contributed by atoms with van der Waals surface area (Å²) in [6.07, 6.45) is 0.0666. The van der Waals surface area contributed by atoms with Gasteiger partial charge in [-0.05, 0) is 6.92 Å². The molecule has 1 aromatic rings. The van der Waals surface area contributed by atoms with Crippen molar-refractivity contribution < 1.29 is 9.47 Å². The van der Waals surface area contributed by atoms with Crippen molar-refractivity contribution in [2.24, 2.45) is 7.05 Å². The van der Waals surface area contributed by atoms with Gasteiger partial charge in [0.1, 0.15) is 17.7 Å². The van der Waals surface area contributed by atoms with Crippen molar-refractivity contribution in [2.45, 2.75) is 13.0 Å². The molecule has 0 aliphatic carbocycles. The molecule has 0 unspecified atom stereocenters. The van der Waals surface area contributed by atoms with Crippen molar-refractivity contribution in [3.05, 3.63) is 11.3 Å². The summed E-state index contributed by atoms with van der Waals surface area (Å²) in [6.45, 7) is 2.98. The van der Waals surface area contributed by atoms with Gasteiger partial charge in [0.2, 0.25) is 5.88 Å². The maximum Gasteiger partial charge on any atom is 0.230 e. The molecule has 1 aromatic heterocycles. The molecule has 14 heavy (non-hydrogen) atoms. The Morgan fingerprint density at radius 2 is 2.36 bits per heavy atom. The summed E-state index contributed by atoms with van der Waals surface area (Å²) in [4.78, 5) is 0. The van der Waals surface area contributed by atoms with E-state index in [1.807, 2.05) is 0 Å². The zero-order valence-electron chi connectivity index (χ0n) is 8.15. The van der Waals surface area contributed by atoms with Gasteiger partial charge >= 0.3 is 0 Å². The molecule has 0 spiro atoms. The number of ether oxygens (including phenoxy) is 2. The van der Waals surface area contributed by atoms with Gasteiger partial charge < -0.3 is 9.47 Å². The summed E-state index contributed by atoms with van der Waals surface area (Å²) in [5, 5.41) is 13.0. The van der Waals surface area contributed by atoms with Crippen LogP contribution in [0.1, 0.15) is 11.3 Å². The van der Waals surface area contributed by atoms with Gasteiger partial charge in [-0.15, -0.1) is 0 Å². The number of rotatable bonds is 2. The van der Waals surface area contributed by atoms with E-state index in [2.05, 4.69) is 11.2 Å². The molecule has 5 heteroatoms. The highest BCUT2D eigenvalue weighted by Gasteiger charge is 2.24. The monoisotopic (exact) mass is 193 g/mol. The van der Waals surface area contributed by atoms with Gasteiger partial charge in [-0.3, -0.25) is 0 Å². The van der Waals surface area contributed by atoms with E-state index in [4.69, 9.17) is 14.7 Å². The average Bonchev–Trinajstić information content (AvgIpc) is 2.33. The molecular weight excluding hydrogens is 182 g/mol. The average molecular weight is 193 g/mol. The first-order valence-corrected chi connectivity index (χ1v) is 4.40. The lowest BCUT2D eigenvalue weighted by atomic mass is 10.2. The van der Waals surface area contributed by atoms with Gasteiger partial charge in [-0.2, -0.15) is 10.4 Å². The normalized spacial score (nSPS) is 16.1. The number of nitriles is 1. The number of nitrogens with zero attached hydrogens (tertiary/aromatic N) is 3. The van der Waals surface area contributed by atoms with Gasteiger partial charge in [0.05, 0.1) is 18.9 Å². The van der Waals surface area contributed by atoms with E-state index >= 15 is 0 Å². The van der Waals surface area contributed by atoms with Crippen LogP contribution in [0.15, 0.2) is 0 Å². The Morgan fingerprint density at radius 3 is 2.86 bits per heavy atom. The predicted molar refractivity (Wildman–Crippen MR) is 47.9 cm³/mol. The quantitative estimate of drug-likeness (QED) is 0.681. The fourth-order valence-corrected chi connectivity index (χ4v) is 1.34. The first-order chi connectivity index (χ1) is 6.72. The Hall–Kier alpha value is -1.54. The molecule has 2 heterocycles. The van der Waals surface area contributed by atoms with Crippen molar-refractivity contribution in [1.82, 2.24) is 9.78 Å². The van der Waals surface area contributed by atoms with Crippen LogP contribution in [0.3, 0.4) is 0 Å². The van der Waals surface area contributed by atoms with Crippen molar-refractivity contribution in [3.63, 3.8) is 0 Å². The van der Waals surface area contributed by atoms with E-state index in [1.165, 1.54) is 0 Å². The highest BCUT2D eigenvalue weighted by atomic mass is 16.6. The van der Waals surface area contributed by atoms with Crippen molar-refractivity contribution in [3.8, 4) is 11.9 Å². The third kappa shape index (κ3) is 1.34. The maximum atomic E-state index is 8.90. The van der Waals surface area contributed by atoms with E-state index < -0.39 is 0 Å². The summed E-state index contributed by atoms with van der Waals surface area (Å²) < 4.78 is 12.2. The third-order valence-corrected chi connectivity index (χ3v) is 2.17. The van der Waals surface area contributed by atoms with Crippen molar-refractivity contribution in [2.75, 3.05) is 13.2 Å². The number of hydrogen-bond donors (Lipinski definition) is 0. The molecule has 1 saturated heterocycles. The van der Waals surface area contributed by atoms with Gasteiger partial charge in [0.15, 0.2) is 0 Å². The van der Waals surface area contributed by atoms with Crippen LogP contribution >= 0.6 is 0 Å². The van der Waals surface area contributed by atoms with Gasteiger partial charge in [-0.1, -0.05) is 0 Å². The van der Waals surface area contributed by atoms with E-state index in [0.717, 1.165) is 0 Å². The van der Waals surface area contributed by atoms with Crippen molar-refractivity contribution in [1.29, 1.82) is 5.26 Å². The van der Waals surface area contributed by atoms with Crippen LogP contribution in [0.25, 0.3) is 0 Å². The predicted octanol–water partition coefficient (Wildman–Crippen LogP) is 0.378. The SMILES string of the molecule is Cc1nn(C)c(OC2COC2)c1C#N. The molecule has 1 aliphatic rings. The standard InChI is InChI=1S/C9H11N3O2/c1-6-8(3-10)9(12(2)11-6)14-7-4-13-5-7/h7H,4-5H2,1-2H3. The Labute approximate surface area is 81.8 Å². The second-order valence-corrected chi connectivity index (χ2v) is 3.28. The molecule has 0 atom stereocenters. The molecule has 2 rings (SSSR count). The highest BCUT2D eigenvalue weighted by molar-refractivity contribution is 5.42. The lowest BCUT2D eigenvalue weighted by molar-refractivity contribution is -0.0827. The van der Waals surface area contributed by atoms with Crippen LogP contribution in [0.4, 0.5) is 0 Å². The lowest BCUT2D eigenvalue weighted by Crippen LogP contribution is -2.39. The molecule has 0 N–H and O–H groups in total. The summed E-state index contributed by atoms with van der Waals surface area (Å²) in [7, 11) is 1.77. The van der Waals surface area contributed by atoms with Crippen LogP contribution in [-0.2, 0) is 11.8 Å². The fourth-order valence-electron chi connectivity index (χ4n) is 1.34. The number of aromatic nitrogens is 2. The number of hydrogen-bond acceptors (Lipinski definition) is 4. The van der Waals surface area contributed by atoms with Crippen molar-refractivity contribution >= 4 is 0 Å². The minimum atomic E-state index is 0.0666. The van der Waals surface area contributed by atoms with Crippen LogP contribution in [-0.4, -0.2) is 29.1 Å². The fraction of sp³-hybridized carbons (Fsp3) is 0.556.